The normalized spacial score (nSPS) is 12.1. The Balaban J connectivity index is 3.24. The summed E-state index contributed by atoms with van der Waals surface area (Å²) in [6.07, 6.45) is 0.882. The zero-order valence-electron chi connectivity index (χ0n) is 10.0. The zero-order chi connectivity index (χ0) is 13.0. The van der Waals surface area contributed by atoms with Crippen molar-refractivity contribution in [1.82, 2.24) is 0 Å². The van der Waals surface area contributed by atoms with E-state index in [0.717, 1.165) is 9.99 Å². The third-order valence-electron chi connectivity index (χ3n) is 2.50. The fourth-order valence-electron chi connectivity index (χ4n) is 1.34. The van der Waals surface area contributed by atoms with E-state index in [1.807, 2.05) is 13.8 Å². The molecule has 1 atom stereocenters. The molecule has 0 heterocycles. The van der Waals surface area contributed by atoms with Crippen molar-refractivity contribution in [3.05, 3.63) is 27.1 Å². The molecule has 1 aromatic rings. The molecule has 1 aromatic carbocycles. The lowest BCUT2D eigenvalue weighted by molar-refractivity contribution is 0.0596. The minimum Gasteiger partial charge on any atom is -0.465 e. The van der Waals surface area contributed by atoms with Gasteiger partial charge in [0.15, 0.2) is 0 Å². The minimum absolute atomic E-state index is 0.0281. The number of anilines is 1. The van der Waals surface area contributed by atoms with Crippen molar-refractivity contribution in [2.45, 2.75) is 26.3 Å². The van der Waals surface area contributed by atoms with Gasteiger partial charge in [-0.1, -0.05) is 6.92 Å². The highest BCUT2D eigenvalue weighted by atomic mass is 127. The number of carbonyl (C=O) groups is 1. The van der Waals surface area contributed by atoms with Crippen LogP contribution >= 0.6 is 22.6 Å². The summed E-state index contributed by atoms with van der Waals surface area (Å²) in [6.45, 7) is 3.99. The molecule has 1 N–H and O–H groups in total. The van der Waals surface area contributed by atoms with Gasteiger partial charge < -0.3 is 10.1 Å². The lowest BCUT2D eigenvalue weighted by atomic mass is 10.1. The number of rotatable bonds is 4. The number of hydrogen-bond donors (Lipinski definition) is 1. The van der Waals surface area contributed by atoms with Crippen molar-refractivity contribution < 1.29 is 13.9 Å². The number of hydrogen-bond acceptors (Lipinski definition) is 3. The lowest BCUT2D eigenvalue weighted by Gasteiger charge is -2.17. The van der Waals surface area contributed by atoms with Crippen LogP contribution < -0.4 is 5.32 Å². The van der Waals surface area contributed by atoms with Crippen LogP contribution in [0.1, 0.15) is 30.6 Å². The van der Waals surface area contributed by atoms with Gasteiger partial charge in [0.2, 0.25) is 0 Å². The van der Waals surface area contributed by atoms with Crippen LogP contribution in [-0.2, 0) is 4.74 Å². The Kier molecular flexibility index (Phi) is 5.17. The molecular weight excluding hydrogens is 336 g/mol. The first-order valence-electron chi connectivity index (χ1n) is 5.34. The van der Waals surface area contributed by atoms with Gasteiger partial charge in [-0.05, 0) is 48.1 Å². The number of benzene rings is 1. The van der Waals surface area contributed by atoms with Crippen molar-refractivity contribution in [1.29, 1.82) is 0 Å². The fraction of sp³-hybridized carbons (Fsp3) is 0.417. The number of methoxy groups -OCH3 is 1. The van der Waals surface area contributed by atoms with Gasteiger partial charge in [-0.2, -0.15) is 0 Å². The molecule has 94 valence electrons. The van der Waals surface area contributed by atoms with E-state index in [2.05, 4.69) is 32.6 Å². The Morgan fingerprint density at radius 1 is 1.59 bits per heavy atom. The van der Waals surface area contributed by atoms with Crippen LogP contribution in [0.2, 0.25) is 0 Å². The molecule has 0 aliphatic heterocycles. The molecule has 0 bridgehead atoms. The molecule has 0 aliphatic carbocycles. The smallest absolute Gasteiger partial charge is 0.343 e. The highest BCUT2D eigenvalue weighted by Crippen LogP contribution is 2.27. The van der Waals surface area contributed by atoms with Crippen molar-refractivity contribution in [2.24, 2.45) is 0 Å². The monoisotopic (exact) mass is 351 g/mol. The minimum atomic E-state index is -0.660. The molecule has 0 saturated heterocycles. The van der Waals surface area contributed by atoms with E-state index in [0.29, 0.717) is 5.69 Å². The maximum atomic E-state index is 13.7. The van der Waals surface area contributed by atoms with Gasteiger partial charge in [-0.15, -0.1) is 0 Å². The van der Waals surface area contributed by atoms with Crippen LogP contribution in [0, 0.1) is 9.39 Å². The molecule has 0 amide bonds. The summed E-state index contributed by atoms with van der Waals surface area (Å²) in [5.74, 6) is -1.23. The highest BCUT2D eigenvalue weighted by Gasteiger charge is 2.20. The zero-order valence-corrected chi connectivity index (χ0v) is 12.2. The van der Waals surface area contributed by atoms with E-state index >= 15 is 0 Å². The maximum absolute atomic E-state index is 13.7. The van der Waals surface area contributed by atoms with E-state index in [9.17, 15) is 9.18 Å². The van der Waals surface area contributed by atoms with E-state index in [1.165, 1.54) is 13.2 Å². The van der Waals surface area contributed by atoms with Gasteiger partial charge in [0.1, 0.15) is 11.4 Å². The second kappa shape index (κ2) is 6.18. The van der Waals surface area contributed by atoms with Crippen molar-refractivity contribution >= 4 is 34.2 Å². The van der Waals surface area contributed by atoms with E-state index in [1.54, 1.807) is 6.07 Å². The topological polar surface area (TPSA) is 38.3 Å². The summed E-state index contributed by atoms with van der Waals surface area (Å²) in [4.78, 5) is 11.6. The first-order chi connectivity index (χ1) is 8.01. The summed E-state index contributed by atoms with van der Waals surface area (Å²) in [5.41, 5.74) is 0.478. The Morgan fingerprint density at radius 2 is 2.24 bits per heavy atom. The van der Waals surface area contributed by atoms with Crippen LogP contribution in [0.25, 0.3) is 0 Å². The Hall–Kier alpha value is -0.850. The fourth-order valence-corrected chi connectivity index (χ4v) is 1.95. The third kappa shape index (κ3) is 3.31. The molecule has 0 saturated carbocycles. The predicted molar refractivity (Wildman–Crippen MR) is 73.8 cm³/mol. The summed E-state index contributed by atoms with van der Waals surface area (Å²) in [5, 5.41) is 3.14. The summed E-state index contributed by atoms with van der Waals surface area (Å²) >= 11 is 2.07. The standard InChI is InChI=1S/C12H15FINO2/c1-4-7(2)15-11-9(14)6-5-8(13)10(11)12(16)17-3/h5-7,15H,4H2,1-3H3/t7-/m0/s1. The summed E-state index contributed by atoms with van der Waals surface area (Å²) in [7, 11) is 1.24. The number of ether oxygens (including phenoxy) is 1. The lowest BCUT2D eigenvalue weighted by Crippen LogP contribution is -2.19. The second-order valence-electron chi connectivity index (χ2n) is 3.72. The highest BCUT2D eigenvalue weighted by molar-refractivity contribution is 14.1. The number of nitrogens with one attached hydrogen (secondary N) is 1. The first kappa shape index (κ1) is 14.2. The molecule has 0 aliphatic rings. The third-order valence-corrected chi connectivity index (χ3v) is 3.40. The Morgan fingerprint density at radius 3 is 2.76 bits per heavy atom. The Labute approximate surface area is 114 Å². The van der Waals surface area contributed by atoms with Crippen LogP contribution in [-0.4, -0.2) is 19.1 Å². The average molecular weight is 351 g/mol. The van der Waals surface area contributed by atoms with Crippen LogP contribution in [0.3, 0.4) is 0 Å². The molecule has 3 nitrogen and oxygen atoms in total. The SMILES string of the molecule is CC[C@H](C)Nc1c(I)ccc(F)c1C(=O)OC. The van der Waals surface area contributed by atoms with E-state index in [-0.39, 0.29) is 11.6 Å². The van der Waals surface area contributed by atoms with Crippen molar-refractivity contribution in [3.8, 4) is 0 Å². The van der Waals surface area contributed by atoms with Gasteiger partial charge in [0.05, 0.1) is 12.8 Å². The number of carbonyl (C=O) groups excluding carboxylic acids is 1. The molecule has 0 fully saturated rings. The van der Waals surface area contributed by atoms with Gasteiger partial charge in [-0.3, -0.25) is 0 Å². The number of halogens is 2. The Bertz CT molecular complexity index is 423. The predicted octanol–water partition coefficient (Wildman–Crippen LogP) is 3.43. The number of esters is 1. The van der Waals surface area contributed by atoms with Crippen LogP contribution in [0.15, 0.2) is 12.1 Å². The van der Waals surface area contributed by atoms with E-state index < -0.39 is 11.8 Å². The van der Waals surface area contributed by atoms with E-state index in [4.69, 9.17) is 0 Å². The van der Waals surface area contributed by atoms with Crippen LogP contribution in [0.4, 0.5) is 10.1 Å². The molecule has 0 aromatic heterocycles. The summed E-state index contributed by atoms with van der Waals surface area (Å²) < 4.78 is 19.1. The molecule has 0 radical (unpaired) electrons. The molecular formula is C12H15FINO2. The first-order valence-corrected chi connectivity index (χ1v) is 6.42. The average Bonchev–Trinajstić information content (AvgIpc) is 2.33. The van der Waals surface area contributed by atoms with Crippen molar-refractivity contribution in [2.75, 3.05) is 12.4 Å². The van der Waals surface area contributed by atoms with Crippen LogP contribution in [0.5, 0.6) is 0 Å². The molecule has 0 spiro atoms. The van der Waals surface area contributed by atoms with Gasteiger partial charge in [0, 0.05) is 9.61 Å². The molecule has 5 heteroatoms. The second-order valence-corrected chi connectivity index (χ2v) is 4.89. The molecule has 17 heavy (non-hydrogen) atoms. The molecule has 0 unspecified atom stereocenters. The maximum Gasteiger partial charge on any atom is 0.343 e. The summed E-state index contributed by atoms with van der Waals surface area (Å²) in [6, 6.07) is 3.07. The van der Waals surface area contributed by atoms with Crippen molar-refractivity contribution in [3.63, 3.8) is 0 Å². The van der Waals surface area contributed by atoms with Gasteiger partial charge in [0.25, 0.3) is 0 Å². The molecule has 1 rings (SSSR count). The van der Waals surface area contributed by atoms with Gasteiger partial charge in [-0.25, -0.2) is 9.18 Å². The van der Waals surface area contributed by atoms with Gasteiger partial charge >= 0.3 is 5.97 Å². The quantitative estimate of drug-likeness (QED) is 0.667. The largest absolute Gasteiger partial charge is 0.465 e.